The molecule has 1 N–H and O–H groups in total. The van der Waals surface area contributed by atoms with Crippen LogP contribution in [-0.4, -0.2) is 29.4 Å². The summed E-state index contributed by atoms with van der Waals surface area (Å²) in [7, 11) is -4.00. The van der Waals surface area contributed by atoms with Crippen molar-refractivity contribution < 1.29 is 26.3 Å². The molecule has 2 aromatic heterocycles. The van der Waals surface area contributed by atoms with Crippen LogP contribution in [0.3, 0.4) is 0 Å². The maximum absolute atomic E-state index is 12.7. The number of sulfonamides is 1. The molecule has 2 heterocycles. The van der Waals surface area contributed by atoms with Crippen LogP contribution in [0, 0.1) is 0 Å². The Hall–Kier alpha value is -2.66. The first kappa shape index (κ1) is 20.1. The minimum atomic E-state index is -4.85. The molecule has 1 atom stereocenters. The second-order valence-corrected chi connectivity index (χ2v) is 7.68. The van der Waals surface area contributed by atoms with Gasteiger partial charge in [-0.1, -0.05) is 19.4 Å². The molecule has 3 aromatic rings. The Balaban J connectivity index is 1.86. The van der Waals surface area contributed by atoms with E-state index < -0.39 is 28.2 Å². The van der Waals surface area contributed by atoms with Gasteiger partial charge in [0, 0.05) is 6.20 Å². The lowest BCUT2D eigenvalue weighted by Gasteiger charge is -2.17. The highest BCUT2D eigenvalue weighted by Crippen LogP contribution is 2.25. The van der Waals surface area contributed by atoms with E-state index in [1.54, 1.807) is 28.8 Å². The molecule has 0 fully saturated rings. The molecular formula is C17H17F3N4O3S. The highest BCUT2D eigenvalue weighted by atomic mass is 32.2. The van der Waals surface area contributed by atoms with E-state index >= 15 is 0 Å². The van der Waals surface area contributed by atoms with Crippen molar-refractivity contribution in [3.05, 3.63) is 54.5 Å². The number of fused-ring (bicyclic) bond motifs is 1. The lowest BCUT2D eigenvalue weighted by molar-refractivity contribution is -0.274. The third kappa shape index (κ3) is 4.60. The zero-order chi connectivity index (χ0) is 20.4. The smallest absolute Gasteiger partial charge is 0.406 e. The van der Waals surface area contributed by atoms with Crippen molar-refractivity contribution in [1.82, 2.24) is 19.3 Å². The second kappa shape index (κ2) is 7.76. The highest BCUT2D eigenvalue weighted by Gasteiger charge is 2.31. The van der Waals surface area contributed by atoms with Crippen molar-refractivity contribution in [3.63, 3.8) is 0 Å². The first-order valence-corrected chi connectivity index (χ1v) is 9.86. The van der Waals surface area contributed by atoms with E-state index in [0.29, 0.717) is 24.3 Å². The van der Waals surface area contributed by atoms with Crippen LogP contribution >= 0.6 is 0 Å². The summed E-state index contributed by atoms with van der Waals surface area (Å²) in [5.74, 6) is -0.0712. The van der Waals surface area contributed by atoms with Crippen LogP contribution in [0.25, 0.3) is 5.65 Å². The molecule has 0 spiro atoms. The normalized spacial score (nSPS) is 13.6. The van der Waals surface area contributed by atoms with Crippen LogP contribution in [0.1, 0.15) is 31.6 Å². The molecule has 7 nitrogen and oxygen atoms in total. The monoisotopic (exact) mass is 414 g/mol. The molecule has 1 aromatic carbocycles. The Bertz CT molecular complexity index is 1050. The molecule has 0 saturated heterocycles. The van der Waals surface area contributed by atoms with Gasteiger partial charge in [0.1, 0.15) is 5.75 Å². The highest BCUT2D eigenvalue weighted by molar-refractivity contribution is 7.89. The largest absolute Gasteiger partial charge is 0.573 e. The zero-order valence-corrected chi connectivity index (χ0v) is 15.5. The van der Waals surface area contributed by atoms with Gasteiger partial charge in [0.2, 0.25) is 10.0 Å². The first-order chi connectivity index (χ1) is 13.2. The molecule has 28 heavy (non-hydrogen) atoms. The van der Waals surface area contributed by atoms with E-state index in [9.17, 15) is 21.6 Å². The Morgan fingerprint density at radius 1 is 1.14 bits per heavy atom. The Kier molecular flexibility index (Phi) is 5.57. The van der Waals surface area contributed by atoms with Crippen LogP contribution in [0.2, 0.25) is 0 Å². The number of halogens is 3. The van der Waals surface area contributed by atoms with E-state index in [0.717, 1.165) is 24.3 Å². The van der Waals surface area contributed by atoms with Gasteiger partial charge in [-0.15, -0.1) is 23.4 Å². The Morgan fingerprint density at radius 2 is 1.86 bits per heavy atom. The fraction of sp³-hybridized carbons (Fsp3) is 0.294. The van der Waals surface area contributed by atoms with Crippen LogP contribution in [0.5, 0.6) is 5.75 Å². The average molecular weight is 414 g/mol. The van der Waals surface area contributed by atoms with Crippen molar-refractivity contribution in [3.8, 4) is 5.75 Å². The molecule has 0 aliphatic rings. The van der Waals surface area contributed by atoms with Gasteiger partial charge in [-0.25, -0.2) is 13.1 Å². The van der Waals surface area contributed by atoms with Gasteiger partial charge in [-0.2, -0.15) is 0 Å². The van der Waals surface area contributed by atoms with Gasteiger partial charge in [-0.05, 0) is 42.8 Å². The van der Waals surface area contributed by atoms with Crippen LogP contribution in [0.4, 0.5) is 13.2 Å². The summed E-state index contributed by atoms with van der Waals surface area (Å²) < 4.78 is 70.2. The molecule has 1 unspecified atom stereocenters. The van der Waals surface area contributed by atoms with Crippen molar-refractivity contribution >= 4 is 15.7 Å². The maximum atomic E-state index is 12.7. The summed E-state index contributed by atoms with van der Waals surface area (Å²) in [6.07, 6.45) is -1.98. The topological polar surface area (TPSA) is 85.6 Å². The molecule has 0 saturated carbocycles. The standard InChI is InChI=1S/C17H17F3N4O3S/c1-2-5-14(16-22-21-15-6-3-4-11-24(15)16)23-28(25,26)13-9-7-12(8-10-13)27-17(18,19)20/h3-4,6-11,14,23H,2,5H2,1H3. The summed E-state index contributed by atoms with van der Waals surface area (Å²) >= 11 is 0. The Labute approximate surface area is 159 Å². The number of alkyl halides is 3. The predicted octanol–water partition coefficient (Wildman–Crippen LogP) is 3.45. The van der Waals surface area contributed by atoms with Gasteiger partial charge in [0.05, 0.1) is 10.9 Å². The molecule has 0 bridgehead atoms. The van der Waals surface area contributed by atoms with Crippen molar-refractivity contribution in [1.29, 1.82) is 0 Å². The summed E-state index contributed by atoms with van der Waals surface area (Å²) in [6, 6.07) is 8.65. The van der Waals surface area contributed by atoms with Crippen molar-refractivity contribution in [2.45, 2.75) is 37.1 Å². The van der Waals surface area contributed by atoms with Crippen molar-refractivity contribution in [2.24, 2.45) is 0 Å². The summed E-state index contributed by atoms with van der Waals surface area (Å²) in [5.41, 5.74) is 0.575. The lowest BCUT2D eigenvalue weighted by Crippen LogP contribution is -2.30. The number of pyridine rings is 1. The number of hydrogen-bond donors (Lipinski definition) is 1. The molecule has 0 amide bonds. The maximum Gasteiger partial charge on any atom is 0.573 e. The van der Waals surface area contributed by atoms with E-state index in [2.05, 4.69) is 19.7 Å². The SMILES string of the molecule is CCCC(NS(=O)(=O)c1ccc(OC(F)(F)F)cc1)c1nnc2ccccn12. The second-order valence-electron chi connectivity index (χ2n) is 5.97. The van der Waals surface area contributed by atoms with Gasteiger partial charge in [-0.3, -0.25) is 4.40 Å². The summed E-state index contributed by atoms with van der Waals surface area (Å²) in [5, 5.41) is 8.11. The number of hydrogen-bond acceptors (Lipinski definition) is 5. The third-order valence-corrected chi connectivity index (χ3v) is 5.38. The molecule has 11 heteroatoms. The molecule has 0 aliphatic heterocycles. The number of aromatic nitrogens is 3. The minimum absolute atomic E-state index is 0.183. The predicted molar refractivity (Wildman–Crippen MR) is 94.1 cm³/mol. The van der Waals surface area contributed by atoms with Gasteiger partial charge in [0.25, 0.3) is 0 Å². The van der Waals surface area contributed by atoms with Crippen LogP contribution in [0.15, 0.2) is 53.6 Å². The molecule has 0 aliphatic carbocycles. The zero-order valence-electron chi connectivity index (χ0n) is 14.7. The molecule has 0 radical (unpaired) electrons. The van der Waals surface area contributed by atoms with Gasteiger partial charge in [0.15, 0.2) is 11.5 Å². The number of nitrogens with zero attached hydrogens (tertiary/aromatic N) is 3. The summed E-state index contributed by atoms with van der Waals surface area (Å²) in [6.45, 7) is 1.90. The molecular weight excluding hydrogens is 397 g/mol. The Morgan fingerprint density at radius 3 is 2.50 bits per heavy atom. The van der Waals surface area contributed by atoms with Gasteiger partial charge < -0.3 is 4.74 Å². The molecule has 3 rings (SSSR count). The van der Waals surface area contributed by atoms with Gasteiger partial charge >= 0.3 is 6.36 Å². The fourth-order valence-electron chi connectivity index (χ4n) is 2.70. The number of ether oxygens (including phenoxy) is 1. The minimum Gasteiger partial charge on any atom is -0.406 e. The quantitative estimate of drug-likeness (QED) is 0.640. The van der Waals surface area contributed by atoms with Crippen molar-refractivity contribution in [2.75, 3.05) is 0 Å². The lowest BCUT2D eigenvalue weighted by atomic mass is 10.2. The van der Waals surface area contributed by atoms with E-state index in [-0.39, 0.29) is 4.90 Å². The van der Waals surface area contributed by atoms with Crippen LogP contribution in [-0.2, 0) is 10.0 Å². The molecule has 150 valence electrons. The van der Waals surface area contributed by atoms with Crippen LogP contribution < -0.4 is 9.46 Å². The number of benzene rings is 1. The number of nitrogens with one attached hydrogen (secondary N) is 1. The first-order valence-electron chi connectivity index (χ1n) is 8.37. The third-order valence-electron chi connectivity index (χ3n) is 3.89. The number of rotatable bonds is 7. The summed E-state index contributed by atoms with van der Waals surface area (Å²) in [4.78, 5) is -0.183. The average Bonchev–Trinajstić information content (AvgIpc) is 3.04. The van der Waals surface area contributed by atoms with E-state index in [1.807, 2.05) is 6.92 Å². The van der Waals surface area contributed by atoms with E-state index in [4.69, 9.17) is 0 Å². The van der Waals surface area contributed by atoms with E-state index in [1.165, 1.54) is 0 Å². The fourth-order valence-corrected chi connectivity index (χ4v) is 3.93.